The quantitative estimate of drug-likeness (QED) is 0.624. The summed E-state index contributed by atoms with van der Waals surface area (Å²) in [6.45, 7) is 11.3. The lowest BCUT2D eigenvalue weighted by Gasteiger charge is -2.18. The van der Waals surface area contributed by atoms with E-state index in [0.717, 1.165) is 0 Å². The largest absolute Gasteiger partial charge is 0.140 e. The number of hydrogen-bond acceptors (Lipinski definition) is 1. The zero-order valence-corrected chi connectivity index (χ0v) is 11.6. The van der Waals surface area contributed by atoms with E-state index in [2.05, 4.69) is 58.9 Å². The van der Waals surface area contributed by atoms with Crippen LogP contribution in [0, 0.1) is 0 Å². The van der Waals surface area contributed by atoms with Crippen molar-refractivity contribution in [2.24, 2.45) is 0 Å². The van der Waals surface area contributed by atoms with Gasteiger partial charge in [-0.05, 0) is 34.4 Å². The van der Waals surface area contributed by atoms with Crippen molar-refractivity contribution in [2.45, 2.75) is 46.0 Å². The lowest BCUT2D eigenvalue weighted by molar-refractivity contribution is 0.591. The van der Waals surface area contributed by atoms with E-state index in [4.69, 9.17) is 0 Å². The average molecular weight is 232 g/mol. The molecular formula is C15H20S. The number of thiophene rings is 1. The Morgan fingerprint density at radius 2 is 1.75 bits per heavy atom. The van der Waals surface area contributed by atoms with Crippen LogP contribution in [0.3, 0.4) is 0 Å². The molecule has 0 spiro atoms. The molecule has 0 nitrogen and oxygen atoms in total. The highest BCUT2D eigenvalue weighted by molar-refractivity contribution is 7.19. The van der Waals surface area contributed by atoms with Gasteiger partial charge in [-0.2, -0.15) is 0 Å². The maximum Gasteiger partial charge on any atom is 0.0348 e. The van der Waals surface area contributed by atoms with Crippen LogP contribution < -0.4 is 0 Å². The van der Waals surface area contributed by atoms with Crippen molar-refractivity contribution in [3.05, 3.63) is 34.7 Å². The molecule has 2 rings (SSSR count). The first-order valence-corrected chi connectivity index (χ1v) is 6.73. The molecule has 1 aromatic heterocycles. The van der Waals surface area contributed by atoms with Crippen molar-refractivity contribution in [3.8, 4) is 0 Å². The van der Waals surface area contributed by atoms with Crippen molar-refractivity contribution in [3.63, 3.8) is 0 Å². The summed E-state index contributed by atoms with van der Waals surface area (Å²) >= 11 is 1.94. The van der Waals surface area contributed by atoms with Crippen molar-refractivity contribution in [1.82, 2.24) is 0 Å². The summed E-state index contributed by atoms with van der Waals surface area (Å²) in [4.78, 5) is 1.49. The van der Waals surface area contributed by atoms with E-state index in [0.29, 0.717) is 5.92 Å². The Morgan fingerprint density at radius 1 is 1.06 bits per heavy atom. The molecule has 0 amide bonds. The normalized spacial score (nSPS) is 12.6. The number of benzene rings is 1. The molecule has 1 aromatic carbocycles. The Hall–Kier alpha value is -0.820. The van der Waals surface area contributed by atoms with Gasteiger partial charge in [-0.3, -0.25) is 0 Å². The molecule has 0 N–H and O–H groups in total. The fourth-order valence-electron chi connectivity index (χ4n) is 1.80. The van der Waals surface area contributed by atoms with Gasteiger partial charge < -0.3 is 0 Å². The van der Waals surface area contributed by atoms with Gasteiger partial charge in [-0.1, -0.05) is 46.8 Å². The van der Waals surface area contributed by atoms with Crippen molar-refractivity contribution < 1.29 is 0 Å². The maximum absolute atomic E-state index is 2.35. The van der Waals surface area contributed by atoms with Crippen LogP contribution in [-0.2, 0) is 5.41 Å². The summed E-state index contributed by atoms with van der Waals surface area (Å²) in [7, 11) is 0. The molecule has 0 aliphatic heterocycles. The van der Waals surface area contributed by atoms with E-state index >= 15 is 0 Å². The fourth-order valence-corrected chi connectivity index (χ4v) is 2.91. The predicted octanol–water partition coefficient (Wildman–Crippen LogP) is 5.32. The SMILES string of the molecule is CC(C)c1cc2ccc(C(C)(C)C)cc2s1. The molecule has 0 saturated carbocycles. The molecule has 0 unspecified atom stereocenters. The third-order valence-corrected chi connectivity index (χ3v) is 4.37. The van der Waals surface area contributed by atoms with E-state index in [1.807, 2.05) is 11.3 Å². The van der Waals surface area contributed by atoms with Crippen molar-refractivity contribution >= 4 is 21.4 Å². The van der Waals surface area contributed by atoms with Crippen LogP contribution in [0.5, 0.6) is 0 Å². The van der Waals surface area contributed by atoms with E-state index in [-0.39, 0.29) is 5.41 Å². The third kappa shape index (κ3) is 2.15. The Morgan fingerprint density at radius 3 is 2.31 bits per heavy atom. The van der Waals surface area contributed by atoms with Crippen LogP contribution in [0.1, 0.15) is 51.0 Å². The Balaban J connectivity index is 2.54. The molecule has 0 bridgehead atoms. The van der Waals surface area contributed by atoms with Gasteiger partial charge in [0, 0.05) is 9.58 Å². The zero-order chi connectivity index (χ0) is 11.9. The second kappa shape index (κ2) is 3.89. The molecule has 0 aliphatic rings. The van der Waals surface area contributed by atoms with Gasteiger partial charge in [0.05, 0.1) is 0 Å². The molecule has 0 atom stereocenters. The van der Waals surface area contributed by atoms with Crippen LogP contribution >= 0.6 is 11.3 Å². The monoisotopic (exact) mass is 232 g/mol. The minimum absolute atomic E-state index is 0.246. The summed E-state index contributed by atoms with van der Waals surface area (Å²) in [6.07, 6.45) is 0. The van der Waals surface area contributed by atoms with Crippen LogP contribution in [0.25, 0.3) is 10.1 Å². The second-order valence-corrected chi connectivity index (χ2v) is 6.92. The zero-order valence-electron chi connectivity index (χ0n) is 10.8. The molecular weight excluding hydrogens is 212 g/mol. The molecule has 0 radical (unpaired) electrons. The van der Waals surface area contributed by atoms with Gasteiger partial charge in [0.1, 0.15) is 0 Å². The summed E-state index contributed by atoms with van der Waals surface area (Å²) in [5.74, 6) is 0.635. The molecule has 0 saturated heterocycles. The van der Waals surface area contributed by atoms with Gasteiger partial charge in [0.15, 0.2) is 0 Å². The summed E-state index contributed by atoms with van der Waals surface area (Å²) < 4.78 is 1.43. The Kier molecular flexibility index (Phi) is 2.83. The third-order valence-electron chi connectivity index (χ3n) is 2.97. The lowest BCUT2D eigenvalue weighted by atomic mass is 9.87. The van der Waals surface area contributed by atoms with E-state index in [1.54, 1.807) is 0 Å². The van der Waals surface area contributed by atoms with Gasteiger partial charge in [0.2, 0.25) is 0 Å². The van der Waals surface area contributed by atoms with Crippen molar-refractivity contribution in [2.75, 3.05) is 0 Å². The summed E-state index contributed by atoms with van der Waals surface area (Å²) in [5.41, 5.74) is 1.67. The molecule has 0 aliphatic carbocycles. The van der Waals surface area contributed by atoms with Crippen LogP contribution in [0.15, 0.2) is 24.3 Å². The van der Waals surface area contributed by atoms with E-state index < -0.39 is 0 Å². The highest BCUT2D eigenvalue weighted by atomic mass is 32.1. The predicted molar refractivity (Wildman–Crippen MR) is 74.6 cm³/mol. The van der Waals surface area contributed by atoms with Gasteiger partial charge in [-0.25, -0.2) is 0 Å². The Labute approximate surface area is 102 Å². The number of hydrogen-bond donors (Lipinski definition) is 0. The smallest absolute Gasteiger partial charge is 0.0348 e. The van der Waals surface area contributed by atoms with Crippen LogP contribution in [0.4, 0.5) is 0 Å². The highest BCUT2D eigenvalue weighted by Gasteiger charge is 2.14. The van der Waals surface area contributed by atoms with Gasteiger partial charge in [0.25, 0.3) is 0 Å². The number of rotatable bonds is 1. The topological polar surface area (TPSA) is 0 Å². The lowest BCUT2D eigenvalue weighted by Crippen LogP contribution is -2.10. The van der Waals surface area contributed by atoms with Gasteiger partial charge in [-0.15, -0.1) is 11.3 Å². The fraction of sp³-hybridized carbons (Fsp3) is 0.467. The van der Waals surface area contributed by atoms with E-state index in [9.17, 15) is 0 Å². The molecule has 16 heavy (non-hydrogen) atoms. The van der Waals surface area contributed by atoms with Gasteiger partial charge >= 0.3 is 0 Å². The minimum atomic E-state index is 0.246. The first-order chi connectivity index (χ1) is 7.38. The molecule has 86 valence electrons. The van der Waals surface area contributed by atoms with E-state index in [1.165, 1.54) is 20.5 Å². The molecule has 2 aromatic rings. The summed E-state index contributed by atoms with van der Waals surface area (Å²) in [5, 5.41) is 1.39. The minimum Gasteiger partial charge on any atom is -0.140 e. The molecule has 1 heteroatoms. The first kappa shape index (κ1) is 11.7. The van der Waals surface area contributed by atoms with Crippen molar-refractivity contribution in [1.29, 1.82) is 0 Å². The molecule has 0 fully saturated rings. The van der Waals surface area contributed by atoms with Crippen LogP contribution in [0.2, 0.25) is 0 Å². The second-order valence-electron chi connectivity index (χ2n) is 5.81. The number of fused-ring (bicyclic) bond motifs is 1. The highest BCUT2D eigenvalue weighted by Crippen LogP contribution is 2.33. The summed E-state index contributed by atoms with van der Waals surface area (Å²) in [6, 6.07) is 9.21. The van der Waals surface area contributed by atoms with Crippen LogP contribution in [-0.4, -0.2) is 0 Å². The standard InChI is InChI=1S/C15H20S/c1-10(2)13-8-11-6-7-12(15(3,4)5)9-14(11)16-13/h6-10H,1-5H3. The molecule has 1 heterocycles. The maximum atomic E-state index is 2.35. The first-order valence-electron chi connectivity index (χ1n) is 5.92. The average Bonchev–Trinajstić information content (AvgIpc) is 2.58. The Bertz CT molecular complexity index is 498.